The van der Waals surface area contributed by atoms with Crippen LogP contribution in [-0.4, -0.2) is 0 Å². The summed E-state index contributed by atoms with van der Waals surface area (Å²) >= 11 is 0. The highest BCUT2D eigenvalue weighted by Crippen LogP contribution is 2.08. The number of rotatable bonds is 0. The van der Waals surface area contributed by atoms with Gasteiger partial charge in [0.2, 0.25) is 0 Å². The molecule has 1 radical (unpaired) electrons. The van der Waals surface area contributed by atoms with Gasteiger partial charge in [0.05, 0.1) is 0 Å². The molecule has 0 aliphatic carbocycles. The van der Waals surface area contributed by atoms with Gasteiger partial charge in [-0.05, 0) is 27.2 Å². The molecule has 0 rings (SSSR count). The van der Waals surface area contributed by atoms with E-state index in [0.717, 1.165) is 0 Å². The molecule has 0 aliphatic rings. The zero-order valence-electron chi connectivity index (χ0n) is 4.50. The minimum atomic E-state index is -0.0417. The molecule has 33 valence electrons. The molecule has 0 saturated carbocycles. The quantitative estimate of drug-likeness (QED) is 0.389. The Morgan fingerprint density at radius 2 is 1.50 bits per heavy atom. The molecule has 0 amide bonds. The Labute approximate surface area is 39.6 Å². The SMILES string of the molecule is [C]#CC(C)(C)C. The van der Waals surface area contributed by atoms with Gasteiger partial charge in [0, 0.05) is 5.41 Å². The second-order valence-corrected chi connectivity index (χ2v) is 2.38. The summed E-state index contributed by atoms with van der Waals surface area (Å²) in [6, 6.07) is 0. The van der Waals surface area contributed by atoms with Gasteiger partial charge >= 0.3 is 0 Å². The second-order valence-electron chi connectivity index (χ2n) is 2.38. The summed E-state index contributed by atoms with van der Waals surface area (Å²) in [5.41, 5.74) is -0.0417. The molecule has 0 bridgehead atoms. The fourth-order valence-electron chi connectivity index (χ4n) is 0. The molecule has 0 unspecified atom stereocenters. The smallest absolute Gasteiger partial charge is 0.0240 e. The first-order valence-electron chi connectivity index (χ1n) is 2.00. The number of hydrogen-bond donors (Lipinski definition) is 0. The van der Waals surface area contributed by atoms with Crippen LogP contribution in [0.4, 0.5) is 0 Å². The van der Waals surface area contributed by atoms with E-state index in [1.165, 1.54) is 0 Å². The van der Waals surface area contributed by atoms with Crippen LogP contribution in [0.3, 0.4) is 0 Å². The topological polar surface area (TPSA) is 0 Å². The zero-order chi connectivity index (χ0) is 5.21. The fourth-order valence-corrected chi connectivity index (χ4v) is 0. The summed E-state index contributed by atoms with van der Waals surface area (Å²) in [5.74, 6) is 2.35. The summed E-state index contributed by atoms with van der Waals surface area (Å²) in [6.07, 6.45) is 6.60. The molecule has 0 nitrogen and oxygen atoms in total. The molecule has 0 aromatic carbocycles. The van der Waals surface area contributed by atoms with Crippen LogP contribution in [0.5, 0.6) is 0 Å². The van der Waals surface area contributed by atoms with Gasteiger partial charge in [-0.2, -0.15) is 0 Å². The van der Waals surface area contributed by atoms with Gasteiger partial charge in [-0.15, -0.1) is 0 Å². The molecule has 0 aromatic heterocycles. The average Bonchev–Trinajstić information content (AvgIpc) is 1.35. The van der Waals surface area contributed by atoms with Crippen molar-refractivity contribution in [3.8, 4) is 5.92 Å². The molecule has 0 fully saturated rings. The molecular weight excluding hydrogens is 72.1 g/mol. The van der Waals surface area contributed by atoms with Gasteiger partial charge in [0.15, 0.2) is 0 Å². The first-order valence-corrected chi connectivity index (χ1v) is 2.00. The molecule has 0 aliphatic heterocycles. The minimum Gasteiger partial charge on any atom is -0.0832 e. The van der Waals surface area contributed by atoms with E-state index in [-0.39, 0.29) is 5.41 Å². The summed E-state index contributed by atoms with van der Waals surface area (Å²) in [6.45, 7) is 5.83. The van der Waals surface area contributed by atoms with E-state index < -0.39 is 0 Å². The Kier molecular flexibility index (Phi) is 1.24. The first-order chi connectivity index (χ1) is 2.56. The molecule has 0 heteroatoms. The molecule has 0 heterocycles. The van der Waals surface area contributed by atoms with Crippen molar-refractivity contribution in [2.45, 2.75) is 20.8 Å². The lowest BCUT2D eigenvalue weighted by atomic mass is 9.99. The Hall–Kier alpha value is -0.440. The second kappa shape index (κ2) is 1.34. The Balaban J connectivity index is 3.55. The van der Waals surface area contributed by atoms with Crippen molar-refractivity contribution in [2.75, 3.05) is 0 Å². The van der Waals surface area contributed by atoms with Crippen LogP contribution >= 0.6 is 0 Å². The van der Waals surface area contributed by atoms with Gasteiger partial charge in [-0.1, -0.05) is 5.92 Å². The highest BCUT2D eigenvalue weighted by molar-refractivity contribution is 4.91. The normalized spacial score (nSPS) is 10.3. The molecule has 0 aromatic rings. The van der Waals surface area contributed by atoms with E-state index in [4.69, 9.17) is 6.42 Å². The maximum atomic E-state index is 6.60. The zero-order valence-corrected chi connectivity index (χ0v) is 4.50. The lowest BCUT2D eigenvalue weighted by molar-refractivity contribution is 0.570. The van der Waals surface area contributed by atoms with E-state index in [1.54, 1.807) is 0 Å². The Bertz CT molecular complexity index is 67.0. The van der Waals surface area contributed by atoms with Crippen LogP contribution in [0.15, 0.2) is 0 Å². The van der Waals surface area contributed by atoms with E-state index >= 15 is 0 Å². The van der Waals surface area contributed by atoms with Crippen LogP contribution in [0, 0.1) is 17.8 Å². The Morgan fingerprint density at radius 3 is 1.50 bits per heavy atom. The van der Waals surface area contributed by atoms with Crippen molar-refractivity contribution in [3.63, 3.8) is 0 Å². The predicted octanol–water partition coefficient (Wildman–Crippen LogP) is 1.62. The van der Waals surface area contributed by atoms with Crippen molar-refractivity contribution in [3.05, 3.63) is 6.42 Å². The summed E-state index contributed by atoms with van der Waals surface area (Å²) in [4.78, 5) is 0. The third kappa shape index (κ3) is 3.56. The third-order valence-corrected chi connectivity index (χ3v) is 0.375. The molecule has 0 saturated heterocycles. The molecule has 6 heavy (non-hydrogen) atoms. The van der Waals surface area contributed by atoms with Crippen molar-refractivity contribution < 1.29 is 0 Å². The van der Waals surface area contributed by atoms with Gasteiger partial charge in [-0.25, -0.2) is 0 Å². The van der Waals surface area contributed by atoms with Gasteiger partial charge < -0.3 is 0 Å². The minimum absolute atomic E-state index is 0.0417. The Morgan fingerprint density at radius 1 is 1.33 bits per heavy atom. The molecule has 0 N–H and O–H groups in total. The highest BCUT2D eigenvalue weighted by Gasteiger charge is 2.01. The lowest BCUT2D eigenvalue weighted by Gasteiger charge is -2.04. The summed E-state index contributed by atoms with van der Waals surface area (Å²) < 4.78 is 0. The van der Waals surface area contributed by atoms with Crippen molar-refractivity contribution in [2.24, 2.45) is 5.41 Å². The van der Waals surface area contributed by atoms with Crippen LogP contribution in [0.1, 0.15) is 20.8 Å². The van der Waals surface area contributed by atoms with E-state index in [2.05, 4.69) is 5.92 Å². The van der Waals surface area contributed by atoms with E-state index in [9.17, 15) is 0 Å². The highest BCUT2D eigenvalue weighted by atomic mass is 14.0. The molecular formula is C6H9. The van der Waals surface area contributed by atoms with Crippen molar-refractivity contribution in [1.29, 1.82) is 0 Å². The number of hydrogen-bond acceptors (Lipinski definition) is 0. The van der Waals surface area contributed by atoms with Gasteiger partial charge in [0.1, 0.15) is 0 Å². The molecule has 0 spiro atoms. The van der Waals surface area contributed by atoms with Crippen molar-refractivity contribution >= 4 is 0 Å². The van der Waals surface area contributed by atoms with Crippen LogP contribution in [0.25, 0.3) is 0 Å². The monoisotopic (exact) mass is 81.1 g/mol. The first kappa shape index (κ1) is 5.56. The molecule has 0 atom stereocenters. The standard InChI is InChI=1S/C6H9/c1-5-6(2,3)4/h2-4H3. The van der Waals surface area contributed by atoms with E-state index in [1.807, 2.05) is 20.8 Å². The largest absolute Gasteiger partial charge is 0.0832 e. The van der Waals surface area contributed by atoms with Gasteiger partial charge in [-0.3, -0.25) is 0 Å². The van der Waals surface area contributed by atoms with Crippen molar-refractivity contribution in [1.82, 2.24) is 0 Å². The fraction of sp³-hybridized carbons (Fsp3) is 0.667. The maximum Gasteiger partial charge on any atom is 0.0240 e. The van der Waals surface area contributed by atoms with Crippen LogP contribution < -0.4 is 0 Å². The summed E-state index contributed by atoms with van der Waals surface area (Å²) in [7, 11) is 0. The lowest BCUT2D eigenvalue weighted by Crippen LogP contribution is -1.97. The predicted molar refractivity (Wildman–Crippen MR) is 26.6 cm³/mol. The average molecular weight is 81.1 g/mol. The third-order valence-electron chi connectivity index (χ3n) is 0.375. The van der Waals surface area contributed by atoms with Crippen LogP contribution in [0.2, 0.25) is 0 Å². The summed E-state index contributed by atoms with van der Waals surface area (Å²) in [5, 5.41) is 0. The maximum absolute atomic E-state index is 6.60. The van der Waals surface area contributed by atoms with Gasteiger partial charge in [0.25, 0.3) is 0 Å². The van der Waals surface area contributed by atoms with Crippen LogP contribution in [-0.2, 0) is 0 Å². The van der Waals surface area contributed by atoms with E-state index in [0.29, 0.717) is 0 Å².